The molecule has 1 amide bonds. The standard InChI is InChI=1S/C18H16N2O3/c21-17(13-19-12-15-4-2-1-3-5-15)16-9-6-14(7-10-16)8-11-18(22)20-23/h1-12,23H,13H2,(H,20,22)/b11-8+,19-12?. The van der Waals surface area contributed by atoms with Gasteiger partial charge in [-0.2, -0.15) is 0 Å². The Labute approximate surface area is 134 Å². The van der Waals surface area contributed by atoms with Gasteiger partial charge < -0.3 is 0 Å². The average Bonchev–Trinajstić information content (AvgIpc) is 2.61. The molecule has 2 aromatic carbocycles. The van der Waals surface area contributed by atoms with Crippen LogP contribution in [0, 0.1) is 0 Å². The summed E-state index contributed by atoms with van der Waals surface area (Å²) in [5.41, 5.74) is 3.76. The smallest absolute Gasteiger partial charge is 0.267 e. The van der Waals surface area contributed by atoms with Crippen LogP contribution in [0.4, 0.5) is 0 Å². The monoisotopic (exact) mass is 308 g/mol. The number of nitrogens with one attached hydrogen (secondary N) is 1. The molecule has 23 heavy (non-hydrogen) atoms. The first kappa shape index (κ1) is 16.3. The minimum absolute atomic E-state index is 0.0804. The number of nitrogens with zero attached hydrogens (tertiary/aromatic N) is 1. The topological polar surface area (TPSA) is 78.8 Å². The Bertz CT molecular complexity index is 720. The predicted octanol–water partition coefficient (Wildman–Crippen LogP) is 2.51. The van der Waals surface area contributed by atoms with Crippen LogP contribution in [-0.4, -0.2) is 29.7 Å². The highest BCUT2D eigenvalue weighted by Gasteiger charge is 2.03. The van der Waals surface area contributed by atoms with Crippen LogP contribution in [0.15, 0.2) is 65.7 Å². The van der Waals surface area contributed by atoms with Crippen LogP contribution < -0.4 is 5.48 Å². The Hall–Kier alpha value is -3.05. The maximum atomic E-state index is 12.0. The third-order valence-corrected chi connectivity index (χ3v) is 3.04. The molecule has 0 radical (unpaired) electrons. The SMILES string of the molecule is O=C(/C=C/c1ccc(C(=O)CN=Cc2ccccc2)cc1)NO. The van der Waals surface area contributed by atoms with Crippen molar-refractivity contribution in [2.24, 2.45) is 4.99 Å². The maximum absolute atomic E-state index is 12.0. The molecule has 2 N–H and O–H groups in total. The summed E-state index contributed by atoms with van der Waals surface area (Å²) in [6.07, 6.45) is 4.40. The van der Waals surface area contributed by atoms with E-state index in [4.69, 9.17) is 5.21 Å². The Morgan fingerprint density at radius 2 is 1.70 bits per heavy atom. The highest BCUT2D eigenvalue weighted by Crippen LogP contribution is 2.07. The van der Waals surface area contributed by atoms with E-state index < -0.39 is 5.91 Å². The predicted molar refractivity (Wildman–Crippen MR) is 88.6 cm³/mol. The molecule has 0 fully saturated rings. The average molecular weight is 308 g/mol. The number of benzene rings is 2. The molecule has 0 aliphatic rings. The molecule has 0 bridgehead atoms. The molecule has 0 saturated carbocycles. The Balaban J connectivity index is 1.94. The fraction of sp³-hybridized carbons (Fsp3) is 0.0556. The molecule has 116 valence electrons. The number of hydrogen-bond donors (Lipinski definition) is 2. The van der Waals surface area contributed by atoms with E-state index in [-0.39, 0.29) is 12.3 Å². The van der Waals surface area contributed by atoms with Gasteiger partial charge in [0, 0.05) is 17.9 Å². The molecular weight excluding hydrogens is 292 g/mol. The third-order valence-electron chi connectivity index (χ3n) is 3.04. The number of ketones is 1. The lowest BCUT2D eigenvalue weighted by atomic mass is 10.1. The fourth-order valence-corrected chi connectivity index (χ4v) is 1.85. The van der Waals surface area contributed by atoms with Gasteiger partial charge in [-0.25, -0.2) is 5.48 Å². The molecule has 5 heteroatoms. The van der Waals surface area contributed by atoms with Gasteiger partial charge in [0.05, 0.1) is 0 Å². The summed E-state index contributed by atoms with van der Waals surface area (Å²) in [5, 5.41) is 8.39. The molecule has 0 saturated heterocycles. The number of carbonyl (C=O) groups excluding carboxylic acids is 2. The Morgan fingerprint density at radius 3 is 2.35 bits per heavy atom. The van der Waals surface area contributed by atoms with Gasteiger partial charge in [0.2, 0.25) is 0 Å². The number of hydrogen-bond acceptors (Lipinski definition) is 4. The summed E-state index contributed by atoms with van der Waals surface area (Å²) < 4.78 is 0. The van der Waals surface area contributed by atoms with E-state index in [0.717, 1.165) is 11.1 Å². The minimum Gasteiger partial charge on any atom is -0.292 e. The minimum atomic E-state index is -0.611. The van der Waals surface area contributed by atoms with E-state index in [2.05, 4.69) is 4.99 Å². The van der Waals surface area contributed by atoms with Crippen LogP contribution in [0.25, 0.3) is 6.08 Å². The first-order chi connectivity index (χ1) is 11.2. The number of amides is 1. The van der Waals surface area contributed by atoms with Crippen molar-refractivity contribution in [3.05, 3.63) is 77.4 Å². The lowest BCUT2D eigenvalue weighted by molar-refractivity contribution is -0.124. The van der Waals surface area contributed by atoms with E-state index in [1.165, 1.54) is 17.6 Å². The van der Waals surface area contributed by atoms with Gasteiger partial charge in [0.25, 0.3) is 5.91 Å². The summed E-state index contributed by atoms with van der Waals surface area (Å²) in [6, 6.07) is 16.4. The summed E-state index contributed by atoms with van der Waals surface area (Å²) in [5.74, 6) is -0.693. The van der Waals surface area contributed by atoms with Crippen molar-refractivity contribution in [3.8, 4) is 0 Å². The first-order valence-electron chi connectivity index (χ1n) is 6.99. The van der Waals surface area contributed by atoms with Gasteiger partial charge in [-0.3, -0.25) is 19.8 Å². The van der Waals surface area contributed by atoms with Gasteiger partial charge in [0.1, 0.15) is 6.54 Å². The van der Waals surface area contributed by atoms with Crippen LogP contribution in [0.5, 0.6) is 0 Å². The van der Waals surface area contributed by atoms with Gasteiger partial charge in [0.15, 0.2) is 5.78 Å². The molecule has 0 heterocycles. The van der Waals surface area contributed by atoms with Crippen molar-refractivity contribution < 1.29 is 14.8 Å². The van der Waals surface area contributed by atoms with E-state index >= 15 is 0 Å². The second-order valence-electron chi connectivity index (χ2n) is 4.74. The number of rotatable bonds is 6. The van der Waals surface area contributed by atoms with Crippen LogP contribution >= 0.6 is 0 Å². The van der Waals surface area contributed by atoms with E-state index in [1.54, 1.807) is 30.5 Å². The number of carbonyl (C=O) groups is 2. The summed E-state index contributed by atoms with van der Waals surface area (Å²) in [7, 11) is 0. The van der Waals surface area contributed by atoms with Gasteiger partial charge >= 0.3 is 0 Å². The van der Waals surface area contributed by atoms with E-state index in [9.17, 15) is 9.59 Å². The van der Waals surface area contributed by atoms with Crippen molar-refractivity contribution in [3.63, 3.8) is 0 Å². The van der Waals surface area contributed by atoms with Gasteiger partial charge in [-0.15, -0.1) is 0 Å². The Kier molecular flexibility index (Phi) is 5.97. The Morgan fingerprint density at radius 1 is 1.00 bits per heavy atom. The molecule has 0 spiro atoms. The first-order valence-corrected chi connectivity index (χ1v) is 6.99. The largest absolute Gasteiger partial charge is 0.292 e. The fourth-order valence-electron chi connectivity index (χ4n) is 1.85. The normalized spacial score (nSPS) is 11.0. The number of Topliss-reactive ketones (excluding diaryl/α,β-unsaturated/α-hetero) is 1. The highest BCUT2D eigenvalue weighted by atomic mass is 16.5. The molecular formula is C18H16N2O3. The van der Waals surface area contributed by atoms with Crippen LogP contribution in [0.1, 0.15) is 21.5 Å². The molecule has 0 atom stereocenters. The van der Waals surface area contributed by atoms with Crippen molar-refractivity contribution in [2.75, 3.05) is 6.54 Å². The quantitative estimate of drug-likeness (QED) is 0.283. The third kappa shape index (κ3) is 5.33. The molecule has 2 rings (SSSR count). The molecule has 2 aromatic rings. The highest BCUT2D eigenvalue weighted by molar-refractivity contribution is 5.99. The maximum Gasteiger partial charge on any atom is 0.267 e. The van der Waals surface area contributed by atoms with Gasteiger partial charge in [-0.1, -0.05) is 54.6 Å². The summed E-state index contributed by atoms with van der Waals surface area (Å²) in [6.45, 7) is 0.0804. The zero-order chi connectivity index (χ0) is 16.5. The molecule has 5 nitrogen and oxygen atoms in total. The van der Waals surface area contributed by atoms with Crippen LogP contribution in [-0.2, 0) is 4.79 Å². The van der Waals surface area contributed by atoms with E-state index in [1.807, 2.05) is 30.3 Å². The van der Waals surface area contributed by atoms with Crippen molar-refractivity contribution in [1.29, 1.82) is 0 Å². The number of hydroxylamine groups is 1. The second kappa shape index (κ2) is 8.41. The lowest BCUT2D eigenvalue weighted by Gasteiger charge is -1.99. The summed E-state index contributed by atoms with van der Waals surface area (Å²) >= 11 is 0. The zero-order valence-corrected chi connectivity index (χ0v) is 12.3. The molecule has 0 unspecified atom stereocenters. The van der Waals surface area contributed by atoms with Crippen molar-refractivity contribution >= 4 is 24.0 Å². The van der Waals surface area contributed by atoms with Crippen molar-refractivity contribution in [1.82, 2.24) is 5.48 Å². The zero-order valence-electron chi connectivity index (χ0n) is 12.3. The lowest BCUT2D eigenvalue weighted by Crippen LogP contribution is -2.14. The molecule has 0 aromatic heterocycles. The van der Waals surface area contributed by atoms with Crippen molar-refractivity contribution in [2.45, 2.75) is 0 Å². The second-order valence-corrected chi connectivity index (χ2v) is 4.74. The van der Waals surface area contributed by atoms with E-state index in [0.29, 0.717) is 5.56 Å². The van der Waals surface area contributed by atoms with Crippen LogP contribution in [0.3, 0.4) is 0 Å². The number of aliphatic imine (C=N–C) groups is 1. The van der Waals surface area contributed by atoms with Gasteiger partial charge in [-0.05, 0) is 17.2 Å². The molecule has 0 aliphatic carbocycles. The molecule has 0 aliphatic heterocycles. The summed E-state index contributed by atoms with van der Waals surface area (Å²) in [4.78, 5) is 27.0. The van der Waals surface area contributed by atoms with Crippen LogP contribution in [0.2, 0.25) is 0 Å².